The van der Waals surface area contributed by atoms with E-state index in [0.717, 1.165) is 12.1 Å². The third-order valence-electron chi connectivity index (χ3n) is 4.94. The second-order valence-corrected chi connectivity index (χ2v) is 6.29. The summed E-state index contributed by atoms with van der Waals surface area (Å²) >= 11 is 0. The zero-order valence-corrected chi connectivity index (χ0v) is 12.4. The molecule has 3 heterocycles. The van der Waals surface area contributed by atoms with Gasteiger partial charge in [-0.25, -0.2) is 0 Å². The number of aryl methyl sites for hydroxylation is 1. The molecule has 3 rings (SSSR count). The highest BCUT2D eigenvalue weighted by atomic mass is 15.4. The Morgan fingerprint density at radius 1 is 1.32 bits per heavy atom. The molecule has 19 heavy (non-hydrogen) atoms. The molecule has 0 aromatic carbocycles. The Morgan fingerprint density at radius 2 is 2.16 bits per heavy atom. The van der Waals surface area contributed by atoms with Gasteiger partial charge in [0.05, 0.1) is 12.2 Å². The van der Waals surface area contributed by atoms with Crippen molar-refractivity contribution in [3.05, 3.63) is 18.0 Å². The normalized spacial score (nSPS) is 30.5. The van der Waals surface area contributed by atoms with Gasteiger partial charge in [0, 0.05) is 44.5 Å². The van der Waals surface area contributed by atoms with Crippen molar-refractivity contribution in [2.45, 2.75) is 51.7 Å². The number of piperazine rings is 1. The van der Waals surface area contributed by atoms with Crippen LogP contribution < -0.4 is 0 Å². The number of hydrogen-bond acceptors (Lipinski definition) is 3. The van der Waals surface area contributed by atoms with Crippen LogP contribution in [0.3, 0.4) is 0 Å². The topological polar surface area (TPSA) is 24.3 Å². The molecule has 4 nitrogen and oxygen atoms in total. The first-order valence-electron chi connectivity index (χ1n) is 7.66. The molecule has 106 valence electrons. The molecule has 3 atom stereocenters. The van der Waals surface area contributed by atoms with Crippen molar-refractivity contribution in [2.24, 2.45) is 0 Å². The zero-order chi connectivity index (χ0) is 13.4. The second kappa shape index (κ2) is 5.25. The minimum atomic E-state index is 0.579. The molecular formula is C15H26N4. The van der Waals surface area contributed by atoms with Crippen LogP contribution in [0.15, 0.2) is 12.4 Å². The van der Waals surface area contributed by atoms with Gasteiger partial charge in [-0.15, -0.1) is 0 Å². The first-order chi connectivity index (χ1) is 9.17. The van der Waals surface area contributed by atoms with Crippen molar-refractivity contribution in [3.63, 3.8) is 0 Å². The van der Waals surface area contributed by atoms with Gasteiger partial charge in [0.2, 0.25) is 0 Å². The van der Waals surface area contributed by atoms with E-state index < -0.39 is 0 Å². The molecule has 2 aliphatic heterocycles. The largest absolute Gasteiger partial charge is 0.298 e. The standard InChI is InChI=1S/C15H26N4/c1-4-13(3)17-5-6-18-11-15(7-14(18)10-17)19-9-12(2)8-16-19/h8-9,13-15H,4-7,10-11H2,1-3H3. The van der Waals surface area contributed by atoms with Crippen molar-refractivity contribution in [3.8, 4) is 0 Å². The lowest BCUT2D eigenvalue weighted by Gasteiger charge is -2.40. The molecule has 0 saturated carbocycles. The van der Waals surface area contributed by atoms with Crippen LogP contribution in [0.4, 0.5) is 0 Å². The van der Waals surface area contributed by atoms with Gasteiger partial charge >= 0.3 is 0 Å². The summed E-state index contributed by atoms with van der Waals surface area (Å²) in [5, 5.41) is 4.50. The van der Waals surface area contributed by atoms with Crippen molar-refractivity contribution in [1.29, 1.82) is 0 Å². The predicted molar refractivity (Wildman–Crippen MR) is 77.3 cm³/mol. The molecule has 0 bridgehead atoms. The van der Waals surface area contributed by atoms with E-state index in [2.05, 4.69) is 46.5 Å². The average molecular weight is 262 g/mol. The highest BCUT2D eigenvalue weighted by molar-refractivity contribution is 5.03. The Kier molecular flexibility index (Phi) is 3.63. The first kappa shape index (κ1) is 13.1. The second-order valence-electron chi connectivity index (χ2n) is 6.29. The van der Waals surface area contributed by atoms with E-state index in [-0.39, 0.29) is 0 Å². The number of aromatic nitrogens is 2. The molecule has 2 fully saturated rings. The Balaban J connectivity index is 1.65. The molecule has 3 unspecified atom stereocenters. The Morgan fingerprint density at radius 3 is 2.84 bits per heavy atom. The van der Waals surface area contributed by atoms with Crippen LogP contribution in [0.1, 0.15) is 38.3 Å². The highest BCUT2D eigenvalue weighted by Crippen LogP contribution is 2.30. The molecule has 0 N–H and O–H groups in total. The summed E-state index contributed by atoms with van der Waals surface area (Å²) in [6, 6.07) is 2.04. The lowest BCUT2D eigenvalue weighted by atomic mass is 10.1. The summed E-state index contributed by atoms with van der Waals surface area (Å²) in [5.41, 5.74) is 1.27. The van der Waals surface area contributed by atoms with Crippen LogP contribution in [0, 0.1) is 6.92 Å². The molecule has 0 spiro atoms. The van der Waals surface area contributed by atoms with Gasteiger partial charge in [0.25, 0.3) is 0 Å². The third kappa shape index (κ3) is 2.56. The first-order valence-corrected chi connectivity index (χ1v) is 7.66. The summed E-state index contributed by atoms with van der Waals surface area (Å²) < 4.78 is 2.18. The maximum Gasteiger partial charge on any atom is 0.0661 e. The molecule has 1 aromatic heterocycles. The van der Waals surface area contributed by atoms with Gasteiger partial charge in [0.15, 0.2) is 0 Å². The van der Waals surface area contributed by atoms with E-state index >= 15 is 0 Å². The minimum Gasteiger partial charge on any atom is -0.298 e. The van der Waals surface area contributed by atoms with Crippen LogP contribution in [0.25, 0.3) is 0 Å². The van der Waals surface area contributed by atoms with E-state index in [0.29, 0.717) is 6.04 Å². The van der Waals surface area contributed by atoms with Crippen molar-refractivity contribution < 1.29 is 0 Å². The summed E-state index contributed by atoms with van der Waals surface area (Å²) in [5.74, 6) is 0. The summed E-state index contributed by atoms with van der Waals surface area (Å²) in [6.45, 7) is 11.7. The van der Waals surface area contributed by atoms with Gasteiger partial charge in [-0.05, 0) is 32.3 Å². The minimum absolute atomic E-state index is 0.579. The lowest BCUT2D eigenvalue weighted by Crippen LogP contribution is -2.52. The van der Waals surface area contributed by atoms with E-state index in [9.17, 15) is 0 Å². The molecular weight excluding hydrogens is 236 g/mol. The molecule has 2 saturated heterocycles. The van der Waals surface area contributed by atoms with Gasteiger partial charge in [-0.1, -0.05) is 6.92 Å². The molecule has 0 radical (unpaired) electrons. The summed E-state index contributed by atoms with van der Waals surface area (Å²) in [4.78, 5) is 5.33. The number of hydrogen-bond donors (Lipinski definition) is 0. The molecule has 0 aliphatic carbocycles. The fourth-order valence-corrected chi connectivity index (χ4v) is 3.52. The highest BCUT2D eigenvalue weighted by Gasteiger charge is 2.37. The quantitative estimate of drug-likeness (QED) is 0.832. The zero-order valence-electron chi connectivity index (χ0n) is 12.4. The molecule has 4 heteroatoms. The fourth-order valence-electron chi connectivity index (χ4n) is 3.52. The van der Waals surface area contributed by atoms with Crippen LogP contribution in [-0.2, 0) is 0 Å². The van der Waals surface area contributed by atoms with Crippen LogP contribution in [0.2, 0.25) is 0 Å². The molecule has 2 aliphatic rings. The van der Waals surface area contributed by atoms with Crippen LogP contribution in [0.5, 0.6) is 0 Å². The fraction of sp³-hybridized carbons (Fsp3) is 0.800. The van der Waals surface area contributed by atoms with Crippen molar-refractivity contribution in [1.82, 2.24) is 19.6 Å². The van der Waals surface area contributed by atoms with E-state index in [1.165, 1.54) is 44.6 Å². The van der Waals surface area contributed by atoms with Gasteiger partial charge < -0.3 is 0 Å². The predicted octanol–water partition coefficient (Wildman–Crippen LogP) is 1.92. The van der Waals surface area contributed by atoms with E-state index in [1.54, 1.807) is 0 Å². The Labute approximate surface area is 116 Å². The van der Waals surface area contributed by atoms with E-state index in [4.69, 9.17) is 0 Å². The van der Waals surface area contributed by atoms with Gasteiger partial charge in [-0.2, -0.15) is 5.10 Å². The number of nitrogens with zero attached hydrogens (tertiary/aromatic N) is 4. The van der Waals surface area contributed by atoms with Gasteiger partial charge in [-0.3, -0.25) is 14.5 Å². The summed E-state index contributed by atoms with van der Waals surface area (Å²) in [6.07, 6.45) is 6.68. The Hall–Kier alpha value is -0.870. The van der Waals surface area contributed by atoms with Crippen LogP contribution in [-0.4, -0.2) is 57.8 Å². The maximum atomic E-state index is 4.50. The molecule has 1 aromatic rings. The lowest BCUT2D eigenvalue weighted by molar-refractivity contribution is 0.0756. The average Bonchev–Trinajstić information content (AvgIpc) is 3.02. The van der Waals surface area contributed by atoms with Gasteiger partial charge in [0.1, 0.15) is 0 Å². The Bertz CT molecular complexity index is 428. The number of rotatable bonds is 3. The smallest absolute Gasteiger partial charge is 0.0661 e. The van der Waals surface area contributed by atoms with E-state index in [1.807, 2.05) is 6.20 Å². The molecule has 0 amide bonds. The van der Waals surface area contributed by atoms with Crippen molar-refractivity contribution in [2.75, 3.05) is 26.2 Å². The SMILES string of the molecule is CCC(C)N1CCN2CC(n3cc(C)cn3)CC2C1. The monoisotopic (exact) mass is 262 g/mol. The van der Waals surface area contributed by atoms with Crippen molar-refractivity contribution >= 4 is 0 Å². The number of fused-ring (bicyclic) bond motifs is 1. The third-order valence-corrected chi connectivity index (χ3v) is 4.94. The summed E-state index contributed by atoms with van der Waals surface area (Å²) in [7, 11) is 0. The maximum absolute atomic E-state index is 4.50. The van der Waals surface area contributed by atoms with Crippen LogP contribution >= 0.6 is 0 Å².